The van der Waals surface area contributed by atoms with Crippen LogP contribution in [0.2, 0.25) is 0 Å². The topological polar surface area (TPSA) is 102 Å². The van der Waals surface area contributed by atoms with Gasteiger partial charge in [0.1, 0.15) is 5.69 Å². The SMILES string of the molecule is O=[N+]([O-])c1ccc2c(c1)c(-c1nc3ccc(N4CCOCC4)cc3[nH]1)nn2PI. The number of imidazole rings is 1. The van der Waals surface area contributed by atoms with Gasteiger partial charge in [-0.05, 0) is 46.3 Å². The number of nitro benzene ring substituents is 1. The Morgan fingerprint density at radius 2 is 2.03 bits per heavy atom. The van der Waals surface area contributed by atoms with Crippen LogP contribution in [-0.4, -0.2) is 50.7 Å². The average Bonchev–Trinajstić information content (AvgIpc) is 3.34. The molecule has 1 atom stereocenters. The van der Waals surface area contributed by atoms with Crippen molar-refractivity contribution < 1.29 is 9.66 Å². The molecule has 4 aromatic rings. The molecule has 2 aromatic heterocycles. The number of morpholine rings is 1. The largest absolute Gasteiger partial charge is 0.378 e. The maximum absolute atomic E-state index is 11.2. The van der Waals surface area contributed by atoms with E-state index in [1.54, 1.807) is 12.1 Å². The van der Waals surface area contributed by atoms with Crippen LogP contribution >= 0.6 is 28.4 Å². The summed E-state index contributed by atoms with van der Waals surface area (Å²) in [5.74, 6) is 0.609. The van der Waals surface area contributed by atoms with Crippen molar-refractivity contribution in [3.8, 4) is 11.5 Å². The van der Waals surface area contributed by atoms with Crippen molar-refractivity contribution in [2.24, 2.45) is 0 Å². The molecule has 2 aromatic carbocycles. The van der Waals surface area contributed by atoms with Crippen molar-refractivity contribution in [3.05, 3.63) is 46.5 Å². The third-order valence-corrected chi connectivity index (χ3v) is 6.89. The van der Waals surface area contributed by atoms with Gasteiger partial charge in [0, 0.05) is 36.3 Å². The number of H-pyrrole nitrogens is 1. The van der Waals surface area contributed by atoms with E-state index in [2.05, 4.69) is 49.2 Å². The molecule has 1 unspecified atom stereocenters. The summed E-state index contributed by atoms with van der Waals surface area (Å²) in [5.41, 5.74) is 4.39. The molecule has 1 aliphatic rings. The van der Waals surface area contributed by atoms with E-state index in [1.165, 1.54) is 6.07 Å². The van der Waals surface area contributed by atoms with Crippen LogP contribution < -0.4 is 4.90 Å². The molecule has 0 spiro atoms. The molecule has 1 fully saturated rings. The van der Waals surface area contributed by atoms with Gasteiger partial charge >= 0.3 is 0 Å². The van der Waals surface area contributed by atoms with Crippen LogP contribution in [0.1, 0.15) is 0 Å². The predicted octanol–water partition coefficient (Wildman–Crippen LogP) is 4.12. The van der Waals surface area contributed by atoms with Gasteiger partial charge < -0.3 is 14.6 Å². The summed E-state index contributed by atoms with van der Waals surface area (Å²) in [7, 11) is 0. The maximum Gasteiger partial charge on any atom is 0.270 e. The number of nitro groups is 1. The summed E-state index contributed by atoms with van der Waals surface area (Å²) in [6, 6.07) is 11.0. The second-order valence-electron chi connectivity index (χ2n) is 6.69. The number of fused-ring (bicyclic) bond motifs is 2. The Hall–Kier alpha value is -2.30. The molecule has 29 heavy (non-hydrogen) atoms. The van der Waals surface area contributed by atoms with Crippen LogP contribution in [0.15, 0.2) is 36.4 Å². The number of aromatic nitrogens is 4. The summed E-state index contributed by atoms with van der Waals surface area (Å²) in [6.07, 6.45) is 0.376. The molecule has 1 N–H and O–H groups in total. The zero-order valence-electron chi connectivity index (χ0n) is 15.1. The van der Waals surface area contributed by atoms with Crippen LogP contribution in [0, 0.1) is 10.1 Å². The van der Waals surface area contributed by atoms with Gasteiger partial charge in [0.05, 0.1) is 41.1 Å². The molecule has 1 saturated heterocycles. The van der Waals surface area contributed by atoms with Crippen molar-refractivity contribution in [1.29, 1.82) is 0 Å². The fourth-order valence-corrected chi connectivity index (χ4v) is 5.11. The smallest absolute Gasteiger partial charge is 0.270 e. The van der Waals surface area contributed by atoms with Gasteiger partial charge in [-0.25, -0.2) is 9.44 Å². The summed E-state index contributed by atoms with van der Waals surface area (Å²) < 4.78 is 7.28. The van der Waals surface area contributed by atoms with Gasteiger partial charge in [-0.2, -0.15) is 5.10 Å². The fraction of sp³-hybridized carbons (Fsp3) is 0.222. The molecule has 0 amide bonds. The van der Waals surface area contributed by atoms with Gasteiger partial charge in [-0.3, -0.25) is 10.1 Å². The number of rotatable bonds is 4. The number of nitrogens with one attached hydrogen (secondary N) is 1. The number of non-ortho nitro benzene ring substituents is 1. The Morgan fingerprint density at radius 3 is 2.79 bits per heavy atom. The van der Waals surface area contributed by atoms with Crippen LogP contribution in [0.3, 0.4) is 0 Å². The lowest BCUT2D eigenvalue weighted by Gasteiger charge is -2.28. The number of anilines is 1. The summed E-state index contributed by atoms with van der Waals surface area (Å²) in [5, 5.41) is 16.6. The van der Waals surface area contributed by atoms with Gasteiger partial charge in [-0.15, -0.1) is 0 Å². The molecule has 3 heterocycles. The number of nitrogens with zero attached hydrogens (tertiary/aromatic N) is 5. The molecule has 5 rings (SSSR count). The second-order valence-corrected chi connectivity index (χ2v) is 8.73. The standard InChI is InChI=1S/C18H16IN6O3P/c19-29-24-16-4-2-12(25(26)27)9-13(16)17(22-24)18-20-14-3-1-11(10-15(14)21-18)23-5-7-28-8-6-23/h1-4,9-10,29H,5-8H2,(H,20,21). The first-order valence-electron chi connectivity index (χ1n) is 9.01. The highest BCUT2D eigenvalue weighted by atomic mass is 127. The molecular formula is C18H16IN6O3P. The number of halogens is 1. The third-order valence-electron chi connectivity index (χ3n) is 5.02. The number of hydrogen-bond donors (Lipinski definition) is 1. The maximum atomic E-state index is 11.2. The summed E-state index contributed by atoms with van der Waals surface area (Å²) >= 11 is 2.25. The van der Waals surface area contributed by atoms with Gasteiger partial charge in [-0.1, -0.05) is 0 Å². The first-order valence-corrected chi connectivity index (χ1v) is 13.1. The van der Waals surface area contributed by atoms with E-state index in [0.717, 1.165) is 53.9 Å². The van der Waals surface area contributed by atoms with E-state index in [9.17, 15) is 10.1 Å². The first kappa shape index (κ1) is 18.7. The highest BCUT2D eigenvalue weighted by Gasteiger charge is 2.19. The summed E-state index contributed by atoms with van der Waals surface area (Å²) in [4.78, 5) is 21.2. The fourth-order valence-electron chi connectivity index (χ4n) is 3.59. The minimum Gasteiger partial charge on any atom is -0.378 e. The van der Waals surface area contributed by atoms with Gasteiger partial charge in [0.25, 0.3) is 5.69 Å². The quantitative estimate of drug-likeness (QED) is 0.187. The Kier molecular flexibility index (Phi) is 4.84. The lowest BCUT2D eigenvalue weighted by atomic mass is 10.2. The second kappa shape index (κ2) is 7.51. The molecular weight excluding hydrogens is 506 g/mol. The van der Waals surface area contributed by atoms with Crippen molar-refractivity contribution in [2.75, 3.05) is 31.2 Å². The molecule has 11 heteroatoms. The Bertz CT molecular complexity index is 1230. The molecule has 0 radical (unpaired) electrons. The van der Waals surface area contributed by atoms with Gasteiger partial charge in [0.2, 0.25) is 0 Å². The molecule has 0 bridgehead atoms. The number of benzene rings is 2. The molecule has 148 valence electrons. The lowest BCUT2D eigenvalue weighted by Crippen LogP contribution is -2.36. The van der Waals surface area contributed by atoms with Crippen LogP contribution in [0.4, 0.5) is 11.4 Å². The number of hydrogen-bond acceptors (Lipinski definition) is 6. The third kappa shape index (κ3) is 3.34. The Balaban J connectivity index is 1.62. The highest BCUT2D eigenvalue weighted by Crippen LogP contribution is 2.36. The van der Waals surface area contributed by atoms with Crippen molar-refractivity contribution in [2.45, 2.75) is 0 Å². The van der Waals surface area contributed by atoms with E-state index < -0.39 is 0 Å². The van der Waals surface area contributed by atoms with E-state index >= 15 is 0 Å². The zero-order chi connectivity index (χ0) is 20.0. The van der Waals surface area contributed by atoms with Crippen LogP contribution in [0.5, 0.6) is 0 Å². The lowest BCUT2D eigenvalue weighted by molar-refractivity contribution is -0.384. The molecule has 0 aliphatic carbocycles. The minimum atomic E-state index is -0.389. The van der Waals surface area contributed by atoms with E-state index in [0.29, 0.717) is 17.9 Å². The number of ether oxygens (including phenoxy) is 1. The van der Waals surface area contributed by atoms with Crippen LogP contribution in [-0.2, 0) is 4.74 Å². The Labute approximate surface area is 179 Å². The molecule has 0 saturated carbocycles. The number of aromatic amines is 1. The van der Waals surface area contributed by atoms with E-state index in [-0.39, 0.29) is 10.6 Å². The van der Waals surface area contributed by atoms with Crippen LogP contribution in [0.25, 0.3) is 33.5 Å². The van der Waals surface area contributed by atoms with Crippen molar-refractivity contribution in [1.82, 2.24) is 19.5 Å². The Morgan fingerprint density at radius 1 is 1.21 bits per heavy atom. The molecule has 9 nitrogen and oxygen atoms in total. The normalized spacial score (nSPS) is 15.1. The predicted molar refractivity (Wildman–Crippen MR) is 122 cm³/mol. The first-order chi connectivity index (χ1) is 14.1. The van der Waals surface area contributed by atoms with Crippen molar-refractivity contribution in [3.63, 3.8) is 0 Å². The van der Waals surface area contributed by atoms with Gasteiger partial charge in [0.15, 0.2) is 5.82 Å². The van der Waals surface area contributed by atoms with E-state index in [1.807, 2.05) is 10.5 Å². The molecule has 1 aliphatic heterocycles. The summed E-state index contributed by atoms with van der Waals surface area (Å²) in [6.45, 7) is 3.18. The van der Waals surface area contributed by atoms with Crippen molar-refractivity contribution >= 4 is 61.7 Å². The zero-order valence-corrected chi connectivity index (χ0v) is 18.3. The average molecular weight is 522 g/mol. The highest BCUT2D eigenvalue weighted by molar-refractivity contribution is 14.2. The minimum absolute atomic E-state index is 0.0424. The monoisotopic (exact) mass is 522 g/mol. The van der Waals surface area contributed by atoms with E-state index in [4.69, 9.17) is 9.72 Å².